The van der Waals surface area contributed by atoms with E-state index in [-0.39, 0.29) is 0 Å². The maximum absolute atomic E-state index is 10.3. The van der Waals surface area contributed by atoms with Gasteiger partial charge in [-0.25, -0.2) is 4.98 Å². The summed E-state index contributed by atoms with van der Waals surface area (Å²) >= 11 is 1.73. The predicted molar refractivity (Wildman–Crippen MR) is 89.3 cm³/mol. The summed E-state index contributed by atoms with van der Waals surface area (Å²) in [5, 5.41) is 17.1. The minimum Gasteiger partial charge on any atom is -0.388 e. The summed E-state index contributed by atoms with van der Waals surface area (Å²) in [6.07, 6.45) is 2.22. The number of hydrogen-bond acceptors (Lipinski definition) is 6. The van der Waals surface area contributed by atoms with Crippen LogP contribution in [0.1, 0.15) is 25.5 Å². The van der Waals surface area contributed by atoms with E-state index in [2.05, 4.69) is 20.6 Å². The Morgan fingerprint density at radius 3 is 2.67 bits per heavy atom. The van der Waals surface area contributed by atoms with Gasteiger partial charge in [0, 0.05) is 37.6 Å². The van der Waals surface area contributed by atoms with Crippen molar-refractivity contribution < 1.29 is 5.11 Å². The molecule has 1 fully saturated rings. The second-order valence-electron chi connectivity index (χ2n) is 6.65. The molecular formula is C15H28N4OS. The van der Waals surface area contributed by atoms with Crippen molar-refractivity contribution in [2.75, 3.05) is 45.2 Å². The summed E-state index contributed by atoms with van der Waals surface area (Å²) in [6, 6.07) is 0.496. The van der Waals surface area contributed by atoms with E-state index in [0.29, 0.717) is 19.1 Å². The average molecular weight is 312 g/mol. The number of anilines is 1. The van der Waals surface area contributed by atoms with E-state index >= 15 is 0 Å². The first-order valence-electron chi connectivity index (χ1n) is 7.63. The molecular weight excluding hydrogens is 284 g/mol. The second kappa shape index (κ2) is 7.05. The molecule has 0 bridgehead atoms. The van der Waals surface area contributed by atoms with Crippen LogP contribution in [0.5, 0.6) is 0 Å². The standard InChI is InChI=1S/C15H28N4OS/c1-12-9-21-14(17-12)19-7-5-13(6-8-19)16-10-15(2,20)11-18(3)4/h9,13,16,20H,5-8,10-11H2,1-4H3. The summed E-state index contributed by atoms with van der Waals surface area (Å²) in [4.78, 5) is 8.95. The van der Waals surface area contributed by atoms with Crippen molar-refractivity contribution in [2.45, 2.75) is 38.3 Å². The summed E-state index contributed by atoms with van der Waals surface area (Å²) in [7, 11) is 3.98. The van der Waals surface area contributed by atoms with Gasteiger partial charge in [0.25, 0.3) is 0 Å². The van der Waals surface area contributed by atoms with Crippen LogP contribution in [0.2, 0.25) is 0 Å². The normalized spacial score (nSPS) is 20.0. The summed E-state index contributed by atoms with van der Waals surface area (Å²) in [5.74, 6) is 0. The maximum Gasteiger partial charge on any atom is 0.185 e. The molecule has 6 heteroatoms. The van der Waals surface area contributed by atoms with Crippen molar-refractivity contribution in [1.82, 2.24) is 15.2 Å². The smallest absolute Gasteiger partial charge is 0.185 e. The average Bonchev–Trinajstić information content (AvgIpc) is 2.82. The third-order valence-corrected chi connectivity index (χ3v) is 4.82. The van der Waals surface area contributed by atoms with Crippen LogP contribution < -0.4 is 10.2 Å². The summed E-state index contributed by atoms with van der Waals surface area (Å²) < 4.78 is 0. The van der Waals surface area contributed by atoms with Gasteiger partial charge in [-0.2, -0.15) is 0 Å². The second-order valence-corrected chi connectivity index (χ2v) is 7.48. The van der Waals surface area contributed by atoms with Crippen LogP contribution >= 0.6 is 11.3 Å². The van der Waals surface area contributed by atoms with Crippen LogP contribution in [0, 0.1) is 6.92 Å². The molecule has 2 heterocycles. The van der Waals surface area contributed by atoms with Crippen LogP contribution in [0.15, 0.2) is 5.38 Å². The number of nitrogens with one attached hydrogen (secondary N) is 1. The molecule has 120 valence electrons. The predicted octanol–water partition coefficient (Wildman–Crippen LogP) is 1.32. The molecule has 1 unspecified atom stereocenters. The van der Waals surface area contributed by atoms with Gasteiger partial charge in [0.2, 0.25) is 0 Å². The molecule has 0 amide bonds. The third kappa shape index (κ3) is 5.21. The zero-order valence-corrected chi connectivity index (χ0v) is 14.4. The van der Waals surface area contributed by atoms with Crippen LogP contribution in [0.25, 0.3) is 0 Å². The number of aliphatic hydroxyl groups is 1. The van der Waals surface area contributed by atoms with E-state index in [1.165, 1.54) is 0 Å². The molecule has 0 saturated carbocycles. The molecule has 0 spiro atoms. The fourth-order valence-electron chi connectivity index (χ4n) is 2.86. The lowest BCUT2D eigenvalue weighted by atomic mass is 10.0. The number of thiazole rings is 1. The Morgan fingerprint density at radius 2 is 2.14 bits per heavy atom. The van der Waals surface area contributed by atoms with Gasteiger partial charge in [0.15, 0.2) is 5.13 Å². The zero-order chi connectivity index (χ0) is 15.5. The van der Waals surface area contributed by atoms with E-state index < -0.39 is 5.60 Å². The Morgan fingerprint density at radius 1 is 1.48 bits per heavy atom. The van der Waals surface area contributed by atoms with Crippen molar-refractivity contribution in [2.24, 2.45) is 0 Å². The highest BCUT2D eigenvalue weighted by Gasteiger charge is 2.25. The molecule has 2 rings (SSSR count). The minimum atomic E-state index is -0.674. The zero-order valence-electron chi connectivity index (χ0n) is 13.6. The first-order valence-corrected chi connectivity index (χ1v) is 8.51. The van der Waals surface area contributed by atoms with Gasteiger partial charge in [-0.3, -0.25) is 0 Å². The van der Waals surface area contributed by atoms with Crippen molar-refractivity contribution in [3.63, 3.8) is 0 Å². The van der Waals surface area contributed by atoms with Gasteiger partial charge >= 0.3 is 0 Å². The highest BCUT2D eigenvalue weighted by Crippen LogP contribution is 2.23. The molecule has 1 aromatic rings. The maximum atomic E-state index is 10.3. The van der Waals surface area contributed by atoms with Gasteiger partial charge < -0.3 is 20.2 Å². The van der Waals surface area contributed by atoms with Crippen LogP contribution in [0.4, 0.5) is 5.13 Å². The molecule has 21 heavy (non-hydrogen) atoms. The number of nitrogens with zero attached hydrogens (tertiary/aromatic N) is 3. The third-order valence-electron chi connectivity index (χ3n) is 3.80. The quantitative estimate of drug-likeness (QED) is 0.830. The van der Waals surface area contributed by atoms with Crippen molar-refractivity contribution >= 4 is 16.5 Å². The Kier molecular flexibility index (Phi) is 5.60. The molecule has 5 nitrogen and oxygen atoms in total. The lowest BCUT2D eigenvalue weighted by Crippen LogP contribution is -2.50. The molecule has 1 aromatic heterocycles. The van der Waals surface area contributed by atoms with Gasteiger partial charge in [0.05, 0.1) is 11.3 Å². The van der Waals surface area contributed by atoms with E-state index in [0.717, 1.165) is 36.8 Å². The van der Waals surface area contributed by atoms with E-state index in [1.807, 2.05) is 32.8 Å². The highest BCUT2D eigenvalue weighted by atomic mass is 32.1. The number of hydrogen-bond donors (Lipinski definition) is 2. The Bertz CT molecular complexity index is 439. The Labute approximate surface area is 132 Å². The lowest BCUT2D eigenvalue weighted by Gasteiger charge is -2.35. The first-order chi connectivity index (χ1) is 9.85. The Hall–Kier alpha value is -0.690. The largest absolute Gasteiger partial charge is 0.388 e. The lowest BCUT2D eigenvalue weighted by molar-refractivity contribution is 0.0306. The van der Waals surface area contributed by atoms with Crippen molar-refractivity contribution in [1.29, 1.82) is 0 Å². The van der Waals surface area contributed by atoms with Gasteiger partial charge in [-0.15, -0.1) is 11.3 Å². The number of rotatable bonds is 6. The van der Waals surface area contributed by atoms with Gasteiger partial charge in [0.1, 0.15) is 0 Å². The first kappa shape index (κ1) is 16.7. The highest BCUT2D eigenvalue weighted by molar-refractivity contribution is 7.13. The number of likely N-dealkylation sites (N-methyl/N-ethyl adjacent to an activating group) is 1. The van der Waals surface area contributed by atoms with Crippen molar-refractivity contribution in [3.8, 4) is 0 Å². The topological polar surface area (TPSA) is 51.6 Å². The molecule has 1 atom stereocenters. The molecule has 2 N–H and O–H groups in total. The molecule has 0 radical (unpaired) electrons. The van der Waals surface area contributed by atoms with Crippen LogP contribution in [0.3, 0.4) is 0 Å². The van der Waals surface area contributed by atoms with Gasteiger partial charge in [-0.1, -0.05) is 0 Å². The summed E-state index contributed by atoms with van der Waals surface area (Å²) in [6.45, 7) is 7.35. The molecule has 1 aliphatic heterocycles. The van der Waals surface area contributed by atoms with E-state index in [4.69, 9.17) is 0 Å². The molecule has 1 aliphatic rings. The number of aryl methyl sites for hydroxylation is 1. The SMILES string of the molecule is Cc1csc(N2CCC(NCC(C)(O)CN(C)C)CC2)n1. The van der Waals surface area contributed by atoms with Crippen LogP contribution in [-0.4, -0.2) is 66.9 Å². The van der Waals surface area contributed by atoms with Gasteiger partial charge in [-0.05, 0) is 40.8 Å². The fourth-order valence-corrected chi connectivity index (χ4v) is 3.72. The number of aromatic nitrogens is 1. The monoisotopic (exact) mass is 312 g/mol. The Balaban J connectivity index is 1.74. The molecule has 0 aliphatic carbocycles. The van der Waals surface area contributed by atoms with E-state index in [9.17, 15) is 5.11 Å². The van der Waals surface area contributed by atoms with Crippen LogP contribution in [-0.2, 0) is 0 Å². The summed E-state index contributed by atoms with van der Waals surface area (Å²) in [5.41, 5.74) is 0.433. The van der Waals surface area contributed by atoms with E-state index in [1.54, 1.807) is 11.3 Å². The van der Waals surface area contributed by atoms with Crippen molar-refractivity contribution in [3.05, 3.63) is 11.1 Å². The fraction of sp³-hybridized carbons (Fsp3) is 0.800. The molecule has 1 saturated heterocycles. The molecule has 0 aromatic carbocycles. The minimum absolute atomic E-state index is 0.496. The number of piperidine rings is 1.